The monoisotopic (exact) mass is 458 g/mol. The zero-order valence-electron chi connectivity index (χ0n) is 14.3. The summed E-state index contributed by atoms with van der Waals surface area (Å²) in [5.74, 6) is -0.119. The Hall–Kier alpha value is -0.520. The molecule has 0 saturated heterocycles. The minimum absolute atomic E-state index is 0.0882. The Bertz CT molecular complexity index is 699. The van der Waals surface area contributed by atoms with Gasteiger partial charge in [-0.2, -0.15) is 0 Å². The molecule has 1 aromatic carbocycles. The van der Waals surface area contributed by atoms with Crippen LogP contribution in [0.15, 0.2) is 34.8 Å². The summed E-state index contributed by atoms with van der Waals surface area (Å²) in [5, 5.41) is 5.78. The van der Waals surface area contributed by atoms with Crippen LogP contribution < -0.4 is 15.4 Å². The Morgan fingerprint density at radius 1 is 1.27 bits per heavy atom. The molecule has 0 aliphatic heterocycles. The van der Waals surface area contributed by atoms with Crippen molar-refractivity contribution in [3.8, 4) is 5.75 Å². The normalized spacial score (nSPS) is 22.2. The van der Waals surface area contributed by atoms with Gasteiger partial charge in [0.2, 0.25) is 9.70 Å². The number of hydrogen-bond donors (Lipinski definition) is 2. The molecule has 26 heavy (non-hydrogen) atoms. The molecule has 3 atom stereocenters. The van der Waals surface area contributed by atoms with Crippen LogP contribution in [0, 0.1) is 17.3 Å². The molecule has 1 fully saturated rings. The average Bonchev–Trinajstić information content (AvgIpc) is 3.05. The molecule has 1 aliphatic carbocycles. The Morgan fingerprint density at radius 2 is 1.88 bits per heavy atom. The molecule has 0 unspecified atom stereocenters. The highest BCUT2D eigenvalue weighted by Crippen LogP contribution is 2.59. The summed E-state index contributed by atoms with van der Waals surface area (Å²) in [7, 11) is 1.53. The summed E-state index contributed by atoms with van der Waals surface area (Å²) in [5.41, 5.74) is 0.295. The minimum atomic E-state index is -1.79. The minimum Gasteiger partial charge on any atom is -0.495 e. The van der Waals surface area contributed by atoms with Crippen molar-refractivity contribution >= 4 is 69.6 Å². The third kappa shape index (κ3) is 5.05. The predicted molar refractivity (Wildman–Crippen MR) is 109 cm³/mol. The zero-order valence-corrected chi connectivity index (χ0v) is 18.1. The van der Waals surface area contributed by atoms with Crippen LogP contribution in [-0.4, -0.2) is 23.0 Å². The molecule has 0 radical (unpaired) electrons. The van der Waals surface area contributed by atoms with Crippen molar-refractivity contribution in [3.05, 3.63) is 34.8 Å². The number of ether oxygens (including phenoxy) is 1. The molecular weight excluding hydrogens is 441 g/mol. The molecular formula is C17H19Cl5N2O2. The fraction of sp³-hybridized carbons (Fsp3) is 0.471. The number of halogens is 5. The van der Waals surface area contributed by atoms with Gasteiger partial charge in [-0.05, 0) is 29.5 Å². The van der Waals surface area contributed by atoms with E-state index in [9.17, 15) is 4.79 Å². The molecule has 1 aromatic rings. The molecule has 2 N–H and O–H groups in total. The van der Waals surface area contributed by atoms with E-state index in [0.717, 1.165) is 0 Å². The third-order valence-electron chi connectivity index (χ3n) is 4.52. The smallest absolute Gasteiger partial charge is 0.228 e. The number of alkyl halides is 3. The van der Waals surface area contributed by atoms with Crippen LogP contribution >= 0.6 is 58.0 Å². The number of anilines is 1. The van der Waals surface area contributed by atoms with Crippen LogP contribution in [0.2, 0.25) is 0 Å². The highest BCUT2D eigenvalue weighted by atomic mass is 35.6. The van der Waals surface area contributed by atoms with Crippen LogP contribution in [0.5, 0.6) is 5.75 Å². The first-order valence-electron chi connectivity index (χ1n) is 7.78. The van der Waals surface area contributed by atoms with E-state index in [1.807, 2.05) is 19.9 Å². The van der Waals surface area contributed by atoms with Gasteiger partial charge in [0.05, 0.1) is 18.7 Å². The molecule has 0 spiro atoms. The summed E-state index contributed by atoms with van der Waals surface area (Å²) >= 11 is 29.7. The van der Waals surface area contributed by atoms with Gasteiger partial charge in [-0.3, -0.25) is 4.79 Å². The summed E-state index contributed by atoms with van der Waals surface area (Å²) in [4.78, 5) is 12.7. The Kier molecular flexibility index (Phi) is 6.90. The maximum atomic E-state index is 12.7. The third-order valence-corrected chi connectivity index (χ3v) is 5.43. The van der Waals surface area contributed by atoms with Gasteiger partial charge in [0.1, 0.15) is 16.4 Å². The maximum Gasteiger partial charge on any atom is 0.228 e. The molecule has 4 nitrogen and oxygen atoms in total. The van der Waals surface area contributed by atoms with Crippen molar-refractivity contribution in [2.24, 2.45) is 17.3 Å². The molecule has 1 amide bonds. The van der Waals surface area contributed by atoms with Crippen molar-refractivity contribution in [2.75, 3.05) is 12.4 Å². The molecule has 0 heterocycles. The number of rotatable bonds is 6. The Labute approximate surface area is 178 Å². The van der Waals surface area contributed by atoms with Crippen LogP contribution in [0.25, 0.3) is 0 Å². The van der Waals surface area contributed by atoms with Crippen molar-refractivity contribution in [3.63, 3.8) is 0 Å². The van der Waals surface area contributed by atoms with Crippen LogP contribution in [0.1, 0.15) is 13.8 Å². The van der Waals surface area contributed by atoms with Gasteiger partial charge >= 0.3 is 0 Å². The molecule has 2 rings (SSSR count). The number of carbonyl (C=O) groups excluding carboxylic acids is 1. The maximum absolute atomic E-state index is 12.7. The number of para-hydroxylation sites is 2. The van der Waals surface area contributed by atoms with E-state index in [2.05, 4.69) is 10.6 Å². The second-order valence-electron chi connectivity index (χ2n) is 6.61. The van der Waals surface area contributed by atoms with Gasteiger partial charge in [0.25, 0.3) is 0 Å². The van der Waals surface area contributed by atoms with Gasteiger partial charge < -0.3 is 15.4 Å². The number of amides is 1. The number of methoxy groups -OCH3 is 1. The number of benzene rings is 1. The second kappa shape index (κ2) is 8.24. The standard InChI is InChI=1S/C17H19Cl5N2O2/c1-16(2)9(8-12(18)19)13(16)14(25)24-15(17(20,21)22)23-10-6-4-5-7-11(10)26-3/h4-9,13,15,23H,1-3H3,(H,24,25)/t9-,13+,15+/m0/s1. The van der Waals surface area contributed by atoms with E-state index in [1.165, 1.54) is 7.11 Å². The first kappa shape index (κ1) is 21.8. The molecule has 1 saturated carbocycles. The van der Waals surface area contributed by atoms with E-state index >= 15 is 0 Å². The van der Waals surface area contributed by atoms with E-state index in [1.54, 1.807) is 24.3 Å². The topological polar surface area (TPSA) is 50.4 Å². The SMILES string of the molecule is COc1ccccc1N[C@H](NC(=O)[C@H]1[C@H](C=C(Cl)Cl)C1(C)C)C(Cl)(Cl)Cl. The number of carbonyl (C=O) groups is 1. The zero-order chi connectivity index (χ0) is 19.7. The van der Waals surface area contributed by atoms with Gasteiger partial charge in [-0.25, -0.2) is 0 Å². The van der Waals surface area contributed by atoms with E-state index in [4.69, 9.17) is 62.7 Å². The largest absolute Gasteiger partial charge is 0.495 e. The van der Waals surface area contributed by atoms with E-state index in [0.29, 0.717) is 11.4 Å². The number of hydrogen-bond acceptors (Lipinski definition) is 3. The second-order valence-corrected chi connectivity index (χ2v) is 9.99. The lowest BCUT2D eigenvalue weighted by Crippen LogP contribution is -2.50. The van der Waals surface area contributed by atoms with Crippen molar-refractivity contribution in [1.29, 1.82) is 0 Å². The summed E-state index contributed by atoms with van der Waals surface area (Å²) in [6.07, 6.45) is 0.689. The summed E-state index contributed by atoms with van der Waals surface area (Å²) < 4.78 is 3.62. The average molecular weight is 461 g/mol. The molecule has 9 heteroatoms. The molecule has 144 valence electrons. The fourth-order valence-corrected chi connectivity index (χ4v) is 3.58. The lowest BCUT2D eigenvalue weighted by atomic mass is 10.1. The molecule has 0 bridgehead atoms. The first-order valence-corrected chi connectivity index (χ1v) is 9.67. The van der Waals surface area contributed by atoms with Crippen molar-refractivity contribution in [2.45, 2.75) is 23.8 Å². The fourth-order valence-electron chi connectivity index (χ4n) is 2.98. The van der Waals surface area contributed by atoms with Crippen molar-refractivity contribution in [1.82, 2.24) is 5.32 Å². The first-order chi connectivity index (χ1) is 12.0. The lowest BCUT2D eigenvalue weighted by molar-refractivity contribution is -0.123. The van der Waals surface area contributed by atoms with Crippen LogP contribution in [-0.2, 0) is 4.79 Å². The quantitative estimate of drug-likeness (QED) is 0.435. The predicted octanol–water partition coefficient (Wildman–Crippen LogP) is 5.51. The van der Waals surface area contributed by atoms with Gasteiger partial charge in [0.15, 0.2) is 0 Å². The van der Waals surface area contributed by atoms with Gasteiger partial charge in [-0.15, -0.1) is 0 Å². The summed E-state index contributed by atoms with van der Waals surface area (Å²) in [6, 6.07) is 7.13. The Morgan fingerprint density at radius 3 is 2.42 bits per heavy atom. The lowest BCUT2D eigenvalue weighted by Gasteiger charge is -2.28. The molecule has 0 aromatic heterocycles. The van der Waals surface area contributed by atoms with Gasteiger partial charge in [-0.1, -0.05) is 84.0 Å². The Balaban J connectivity index is 2.17. The number of nitrogens with one attached hydrogen (secondary N) is 2. The molecule has 1 aliphatic rings. The van der Waals surface area contributed by atoms with Crippen LogP contribution in [0.4, 0.5) is 5.69 Å². The van der Waals surface area contributed by atoms with Crippen molar-refractivity contribution < 1.29 is 9.53 Å². The highest BCUT2D eigenvalue weighted by molar-refractivity contribution is 6.68. The van der Waals surface area contributed by atoms with E-state index < -0.39 is 9.96 Å². The van der Waals surface area contributed by atoms with Gasteiger partial charge in [0, 0.05) is 0 Å². The summed E-state index contributed by atoms with van der Waals surface area (Å²) in [6.45, 7) is 3.90. The van der Waals surface area contributed by atoms with Crippen LogP contribution in [0.3, 0.4) is 0 Å². The van der Waals surface area contributed by atoms with E-state index in [-0.39, 0.29) is 27.6 Å². The highest BCUT2D eigenvalue weighted by Gasteiger charge is 2.61. The number of allylic oxidation sites excluding steroid dienone is 1.